The first kappa shape index (κ1) is 16.9. The molecule has 6 nitrogen and oxygen atoms in total. The van der Waals surface area contributed by atoms with Gasteiger partial charge >= 0.3 is 0 Å². The SMILES string of the molecule is CC(C)(C)NCC(O)COc1cccc([N+](=O)[O-])c1Br. The second kappa shape index (κ2) is 7.01. The zero-order chi connectivity index (χ0) is 15.3. The molecule has 1 aromatic rings. The Morgan fingerprint density at radius 2 is 2.15 bits per heavy atom. The van der Waals surface area contributed by atoms with E-state index < -0.39 is 11.0 Å². The number of rotatable bonds is 6. The van der Waals surface area contributed by atoms with Crippen LogP contribution in [0.5, 0.6) is 5.75 Å². The van der Waals surface area contributed by atoms with E-state index in [9.17, 15) is 15.2 Å². The van der Waals surface area contributed by atoms with Gasteiger partial charge in [-0.05, 0) is 42.8 Å². The second-order valence-electron chi connectivity index (χ2n) is 5.44. The number of β-amino-alcohol motifs (C(OH)–C–C–N with tert-alkyl or cyclic N) is 1. The van der Waals surface area contributed by atoms with E-state index in [2.05, 4.69) is 21.2 Å². The summed E-state index contributed by atoms with van der Waals surface area (Å²) in [6.45, 7) is 6.44. The molecule has 0 fully saturated rings. The van der Waals surface area contributed by atoms with Crippen LogP contribution in [0.3, 0.4) is 0 Å². The summed E-state index contributed by atoms with van der Waals surface area (Å²) in [6, 6.07) is 4.54. The molecular weight excluding hydrogens is 328 g/mol. The van der Waals surface area contributed by atoms with Crippen molar-refractivity contribution in [3.05, 3.63) is 32.8 Å². The van der Waals surface area contributed by atoms with E-state index in [0.29, 0.717) is 12.3 Å². The van der Waals surface area contributed by atoms with Crippen molar-refractivity contribution in [1.82, 2.24) is 5.32 Å². The number of aliphatic hydroxyl groups excluding tert-OH is 1. The number of hydrogen-bond acceptors (Lipinski definition) is 5. The van der Waals surface area contributed by atoms with Crippen molar-refractivity contribution in [2.45, 2.75) is 32.4 Å². The Labute approximate surface area is 126 Å². The van der Waals surface area contributed by atoms with E-state index in [1.165, 1.54) is 12.1 Å². The number of halogens is 1. The van der Waals surface area contributed by atoms with E-state index in [1.807, 2.05) is 20.8 Å². The summed E-state index contributed by atoms with van der Waals surface area (Å²) < 4.78 is 5.69. The second-order valence-corrected chi connectivity index (χ2v) is 6.24. The highest BCUT2D eigenvalue weighted by Gasteiger charge is 2.17. The molecule has 2 N–H and O–H groups in total. The molecule has 0 saturated carbocycles. The van der Waals surface area contributed by atoms with Gasteiger partial charge < -0.3 is 15.2 Å². The lowest BCUT2D eigenvalue weighted by atomic mass is 10.1. The molecule has 1 aromatic carbocycles. The third-order valence-electron chi connectivity index (χ3n) is 2.44. The number of ether oxygens (including phenoxy) is 1. The molecule has 112 valence electrons. The van der Waals surface area contributed by atoms with Crippen LogP contribution in [-0.2, 0) is 0 Å². The van der Waals surface area contributed by atoms with E-state index in [-0.39, 0.29) is 22.3 Å². The van der Waals surface area contributed by atoms with Gasteiger partial charge in [-0.3, -0.25) is 10.1 Å². The number of nitrogens with one attached hydrogen (secondary N) is 1. The van der Waals surface area contributed by atoms with Gasteiger partial charge in [-0.1, -0.05) is 6.07 Å². The van der Waals surface area contributed by atoms with Crippen molar-refractivity contribution in [2.24, 2.45) is 0 Å². The molecule has 1 rings (SSSR count). The number of aliphatic hydroxyl groups is 1. The summed E-state index contributed by atoms with van der Waals surface area (Å²) in [5.41, 5.74) is -0.155. The van der Waals surface area contributed by atoms with E-state index in [0.717, 1.165) is 0 Å². The third kappa shape index (κ3) is 5.44. The lowest BCUT2D eigenvalue weighted by molar-refractivity contribution is -0.385. The van der Waals surface area contributed by atoms with Crippen molar-refractivity contribution in [2.75, 3.05) is 13.2 Å². The Morgan fingerprint density at radius 3 is 2.70 bits per heavy atom. The van der Waals surface area contributed by atoms with E-state index >= 15 is 0 Å². The summed E-state index contributed by atoms with van der Waals surface area (Å²) in [7, 11) is 0. The van der Waals surface area contributed by atoms with Gasteiger partial charge in [0.25, 0.3) is 5.69 Å². The molecule has 0 heterocycles. The van der Waals surface area contributed by atoms with Gasteiger partial charge in [-0.2, -0.15) is 0 Å². The van der Waals surface area contributed by atoms with Crippen molar-refractivity contribution < 1.29 is 14.8 Å². The zero-order valence-electron chi connectivity index (χ0n) is 11.7. The lowest BCUT2D eigenvalue weighted by Gasteiger charge is -2.23. The first-order valence-electron chi connectivity index (χ1n) is 6.19. The Morgan fingerprint density at radius 1 is 1.50 bits per heavy atom. The quantitative estimate of drug-likeness (QED) is 0.610. The van der Waals surface area contributed by atoms with Gasteiger partial charge in [0.05, 0.1) is 4.92 Å². The molecule has 0 amide bonds. The van der Waals surface area contributed by atoms with Gasteiger partial charge in [0.2, 0.25) is 0 Å². The van der Waals surface area contributed by atoms with Crippen LogP contribution in [0, 0.1) is 10.1 Å². The zero-order valence-corrected chi connectivity index (χ0v) is 13.3. The highest BCUT2D eigenvalue weighted by atomic mass is 79.9. The Bertz CT molecular complexity index is 474. The van der Waals surface area contributed by atoms with Crippen LogP contribution < -0.4 is 10.1 Å². The normalized spacial score (nSPS) is 13.1. The summed E-state index contributed by atoms with van der Waals surface area (Å²) >= 11 is 3.14. The molecule has 0 aliphatic heterocycles. The van der Waals surface area contributed by atoms with Crippen LogP contribution in [0.4, 0.5) is 5.69 Å². The molecule has 0 aliphatic rings. The number of benzene rings is 1. The lowest BCUT2D eigenvalue weighted by Crippen LogP contribution is -2.42. The first-order chi connectivity index (χ1) is 9.20. The minimum atomic E-state index is -0.694. The van der Waals surface area contributed by atoms with Crippen LogP contribution in [0.15, 0.2) is 22.7 Å². The monoisotopic (exact) mass is 346 g/mol. The molecule has 0 spiro atoms. The average molecular weight is 347 g/mol. The molecule has 20 heavy (non-hydrogen) atoms. The van der Waals surface area contributed by atoms with Gasteiger partial charge in [0.1, 0.15) is 22.9 Å². The van der Waals surface area contributed by atoms with Crippen LogP contribution in [0.2, 0.25) is 0 Å². The van der Waals surface area contributed by atoms with Gasteiger partial charge in [-0.25, -0.2) is 0 Å². The number of nitro benzene ring substituents is 1. The van der Waals surface area contributed by atoms with Crippen LogP contribution in [0.1, 0.15) is 20.8 Å². The molecule has 0 aliphatic carbocycles. The molecule has 0 aromatic heterocycles. The summed E-state index contributed by atoms with van der Waals surface area (Å²) in [5, 5.41) is 23.7. The Kier molecular flexibility index (Phi) is 5.91. The maximum Gasteiger partial charge on any atom is 0.287 e. The average Bonchev–Trinajstić information content (AvgIpc) is 2.34. The minimum absolute atomic E-state index is 0.0584. The largest absolute Gasteiger partial charge is 0.489 e. The predicted octanol–water partition coefficient (Wildman–Crippen LogP) is 2.49. The van der Waals surface area contributed by atoms with Crippen LogP contribution in [-0.4, -0.2) is 34.8 Å². The van der Waals surface area contributed by atoms with Crippen LogP contribution >= 0.6 is 15.9 Å². The standard InChI is InChI=1S/C13H19BrN2O4/c1-13(2,3)15-7-9(17)8-20-11-6-4-5-10(12(11)14)16(18)19/h4-6,9,15,17H,7-8H2,1-3H3. The highest BCUT2D eigenvalue weighted by molar-refractivity contribution is 9.10. The maximum absolute atomic E-state index is 10.8. The first-order valence-corrected chi connectivity index (χ1v) is 6.99. The Hall–Kier alpha value is -1.18. The summed E-state index contributed by atoms with van der Waals surface area (Å²) in [6.07, 6.45) is -0.694. The minimum Gasteiger partial charge on any atom is -0.489 e. The Balaban J connectivity index is 2.58. The van der Waals surface area contributed by atoms with Gasteiger partial charge in [0.15, 0.2) is 0 Å². The topological polar surface area (TPSA) is 84.6 Å². The number of nitrogens with zero attached hydrogens (tertiary/aromatic N) is 1. The summed E-state index contributed by atoms with van der Waals surface area (Å²) in [5.74, 6) is 0.342. The van der Waals surface area contributed by atoms with Crippen LogP contribution in [0.25, 0.3) is 0 Å². The van der Waals surface area contributed by atoms with Crippen molar-refractivity contribution in [3.8, 4) is 5.75 Å². The molecule has 0 bridgehead atoms. The molecule has 1 atom stereocenters. The fourth-order valence-electron chi connectivity index (χ4n) is 1.42. The molecule has 0 saturated heterocycles. The fourth-order valence-corrected chi connectivity index (χ4v) is 1.94. The molecule has 1 unspecified atom stereocenters. The van der Waals surface area contributed by atoms with Crippen molar-refractivity contribution >= 4 is 21.6 Å². The molecule has 7 heteroatoms. The molecular formula is C13H19BrN2O4. The smallest absolute Gasteiger partial charge is 0.287 e. The van der Waals surface area contributed by atoms with Gasteiger partial charge in [0, 0.05) is 18.2 Å². The predicted molar refractivity (Wildman–Crippen MR) is 80.1 cm³/mol. The molecule has 0 radical (unpaired) electrons. The van der Waals surface area contributed by atoms with Gasteiger partial charge in [-0.15, -0.1) is 0 Å². The van der Waals surface area contributed by atoms with E-state index in [1.54, 1.807) is 6.07 Å². The number of hydrogen-bond donors (Lipinski definition) is 2. The summed E-state index contributed by atoms with van der Waals surface area (Å²) in [4.78, 5) is 10.3. The fraction of sp³-hybridized carbons (Fsp3) is 0.538. The van der Waals surface area contributed by atoms with E-state index in [4.69, 9.17) is 4.74 Å². The number of nitro groups is 1. The highest BCUT2D eigenvalue weighted by Crippen LogP contribution is 2.33. The van der Waals surface area contributed by atoms with Crippen molar-refractivity contribution in [3.63, 3.8) is 0 Å². The third-order valence-corrected chi connectivity index (χ3v) is 3.24. The van der Waals surface area contributed by atoms with Crippen molar-refractivity contribution in [1.29, 1.82) is 0 Å². The maximum atomic E-state index is 10.8.